The van der Waals surface area contributed by atoms with E-state index in [1.54, 1.807) is 23.3 Å². The molecule has 1 aliphatic rings. The highest BCUT2D eigenvalue weighted by Crippen LogP contribution is 2.35. The van der Waals surface area contributed by atoms with Crippen LogP contribution in [-0.4, -0.2) is 39.4 Å². The molecule has 0 bridgehead atoms. The van der Waals surface area contributed by atoms with Gasteiger partial charge in [0.05, 0.1) is 5.39 Å². The summed E-state index contributed by atoms with van der Waals surface area (Å²) in [6.45, 7) is 4.99. The van der Waals surface area contributed by atoms with Gasteiger partial charge < -0.3 is 4.90 Å². The topological polar surface area (TPSA) is 68.1 Å². The third-order valence-corrected chi connectivity index (χ3v) is 5.88. The number of fused-ring (bicyclic) bond motifs is 3. The number of aryl methyl sites for hydroxylation is 1. The highest BCUT2D eigenvalue weighted by atomic mass is 32.1. The zero-order valence-corrected chi connectivity index (χ0v) is 15.4. The minimum atomic E-state index is -0.177. The van der Waals surface area contributed by atoms with Crippen LogP contribution < -0.4 is 5.56 Å². The summed E-state index contributed by atoms with van der Waals surface area (Å²) < 4.78 is 1.22. The SMILES string of the molecule is CCCCN(C)C(=O)Cn1nnc2sc3c(c2c1=O)CC[C@@H](C)C3. The molecule has 0 spiro atoms. The second kappa shape index (κ2) is 7.01. The number of unbranched alkanes of at least 4 members (excludes halogenated alkanes) is 1. The largest absolute Gasteiger partial charge is 0.344 e. The molecular formula is C17H24N4O2S. The Morgan fingerprint density at radius 1 is 1.46 bits per heavy atom. The van der Waals surface area contributed by atoms with Gasteiger partial charge in [-0.2, -0.15) is 0 Å². The number of amides is 1. The van der Waals surface area contributed by atoms with E-state index in [2.05, 4.69) is 24.2 Å². The Bertz CT molecular complexity index is 811. The highest BCUT2D eigenvalue weighted by Gasteiger charge is 2.24. The molecule has 2 heterocycles. The summed E-state index contributed by atoms with van der Waals surface area (Å²) in [6.07, 6.45) is 5.01. The van der Waals surface area contributed by atoms with Gasteiger partial charge in [-0.1, -0.05) is 25.5 Å². The molecule has 0 saturated heterocycles. The van der Waals surface area contributed by atoms with Crippen LogP contribution >= 0.6 is 11.3 Å². The first kappa shape index (κ1) is 17.1. The van der Waals surface area contributed by atoms with Gasteiger partial charge in [0.25, 0.3) is 5.56 Å². The predicted molar refractivity (Wildman–Crippen MR) is 95.4 cm³/mol. The first-order valence-electron chi connectivity index (χ1n) is 8.63. The molecule has 0 saturated carbocycles. The van der Waals surface area contributed by atoms with Crippen LogP contribution in [0.1, 0.15) is 43.6 Å². The number of carbonyl (C=O) groups is 1. The zero-order valence-electron chi connectivity index (χ0n) is 14.5. The van der Waals surface area contributed by atoms with Crippen LogP contribution in [-0.2, 0) is 24.2 Å². The lowest BCUT2D eigenvalue weighted by Crippen LogP contribution is -2.36. The van der Waals surface area contributed by atoms with E-state index in [0.717, 1.165) is 37.7 Å². The zero-order chi connectivity index (χ0) is 17.3. The van der Waals surface area contributed by atoms with Crippen molar-refractivity contribution in [2.45, 2.75) is 52.5 Å². The number of thiophene rings is 1. The van der Waals surface area contributed by atoms with Crippen LogP contribution in [0.15, 0.2) is 4.79 Å². The number of likely N-dealkylation sites (N-methyl/N-ethyl adjacent to an activating group) is 1. The molecule has 2 aromatic rings. The number of aromatic nitrogens is 3. The van der Waals surface area contributed by atoms with Gasteiger partial charge in [0.15, 0.2) is 4.83 Å². The Kier molecular flexibility index (Phi) is 4.99. The van der Waals surface area contributed by atoms with Crippen molar-refractivity contribution in [3.05, 3.63) is 20.8 Å². The molecule has 1 aliphatic carbocycles. The molecule has 0 aromatic carbocycles. The molecular weight excluding hydrogens is 324 g/mol. The van der Waals surface area contributed by atoms with Crippen molar-refractivity contribution in [2.75, 3.05) is 13.6 Å². The van der Waals surface area contributed by atoms with E-state index >= 15 is 0 Å². The molecule has 1 atom stereocenters. The second-order valence-electron chi connectivity index (χ2n) is 6.75. The fraction of sp³-hybridized carbons (Fsp3) is 0.647. The van der Waals surface area contributed by atoms with E-state index in [1.807, 2.05) is 0 Å². The van der Waals surface area contributed by atoms with Gasteiger partial charge >= 0.3 is 0 Å². The third kappa shape index (κ3) is 3.22. The number of rotatable bonds is 5. The molecule has 0 radical (unpaired) electrons. The summed E-state index contributed by atoms with van der Waals surface area (Å²) in [5, 5.41) is 8.88. The van der Waals surface area contributed by atoms with Crippen LogP contribution in [0.4, 0.5) is 0 Å². The third-order valence-electron chi connectivity index (χ3n) is 4.74. The van der Waals surface area contributed by atoms with Crippen molar-refractivity contribution < 1.29 is 4.79 Å². The number of hydrogen-bond donors (Lipinski definition) is 0. The Labute approximate surface area is 145 Å². The molecule has 24 heavy (non-hydrogen) atoms. The summed E-state index contributed by atoms with van der Waals surface area (Å²) in [5.74, 6) is 0.548. The predicted octanol–water partition coefficient (Wildman–Crippen LogP) is 2.24. The normalized spacial score (nSPS) is 17.0. The van der Waals surface area contributed by atoms with Gasteiger partial charge in [0.1, 0.15) is 6.54 Å². The average Bonchev–Trinajstić information content (AvgIpc) is 2.93. The van der Waals surface area contributed by atoms with Crippen LogP contribution in [0.2, 0.25) is 0 Å². The minimum Gasteiger partial charge on any atom is -0.344 e. The van der Waals surface area contributed by atoms with Crippen molar-refractivity contribution in [1.82, 2.24) is 19.9 Å². The summed E-state index contributed by atoms with van der Waals surface area (Å²) in [4.78, 5) is 28.7. The van der Waals surface area contributed by atoms with E-state index < -0.39 is 0 Å². The van der Waals surface area contributed by atoms with Crippen LogP contribution in [0, 0.1) is 5.92 Å². The highest BCUT2D eigenvalue weighted by molar-refractivity contribution is 7.18. The van der Waals surface area contributed by atoms with Gasteiger partial charge in [-0.05, 0) is 37.2 Å². The van der Waals surface area contributed by atoms with E-state index in [1.165, 1.54) is 9.56 Å². The molecule has 0 fully saturated rings. The fourth-order valence-electron chi connectivity index (χ4n) is 3.16. The van der Waals surface area contributed by atoms with Crippen molar-refractivity contribution in [3.8, 4) is 0 Å². The van der Waals surface area contributed by atoms with Crippen LogP contribution in [0.3, 0.4) is 0 Å². The summed E-state index contributed by atoms with van der Waals surface area (Å²) in [7, 11) is 1.77. The Balaban J connectivity index is 1.89. The Hall–Kier alpha value is -1.76. The number of carbonyl (C=O) groups excluding carboxylic acids is 1. The first-order valence-corrected chi connectivity index (χ1v) is 9.45. The van der Waals surface area contributed by atoms with Gasteiger partial charge in [0, 0.05) is 18.5 Å². The number of hydrogen-bond acceptors (Lipinski definition) is 5. The van der Waals surface area contributed by atoms with Crippen LogP contribution in [0.25, 0.3) is 10.2 Å². The quantitative estimate of drug-likeness (QED) is 0.831. The van der Waals surface area contributed by atoms with E-state index in [0.29, 0.717) is 22.7 Å². The van der Waals surface area contributed by atoms with E-state index in [4.69, 9.17) is 0 Å². The van der Waals surface area contributed by atoms with Crippen molar-refractivity contribution in [1.29, 1.82) is 0 Å². The second-order valence-corrected chi connectivity index (χ2v) is 7.84. The summed E-state index contributed by atoms with van der Waals surface area (Å²) >= 11 is 1.58. The van der Waals surface area contributed by atoms with Gasteiger partial charge in [0.2, 0.25) is 5.91 Å². The molecule has 0 unspecified atom stereocenters. The average molecular weight is 348 g/mol. The molecule has 0 aliphatic heterocycles. The summed E-state index contributed by atoms with van der Waals surface area (Å²) in [6, 6.07) is 0. The molecule has 2 aromatic heterocycles. The van der Waals surface area contributed by atoms with Crippen molar-refractivity contribution in [2.24, 2.45) is 5.92 Å². The standard InChI is InChI=1S/C17H24N4O2S/c1-4-5-8-20(3)14(22)10-21-17(23)15-12-7-6-11(2)9-13(12)24-16(15)18-19-21/h11H,4-10H2,1-3H3/t11-/m1/s1. The lowest BCUT2D eigenvalue weighted by Gasteiger charge is -2.18. The molecule has 130 valence electrons. The van der Waals surface area contributed by atoms with E-state index in [9.17, 15) is 9.59 Å². The Morgan fingerprint density at radius 2 is 2.25 bits per heavy atom. The first-order chi connectivity index (χ1) is 11.5. The molecule has 0 N–H and O–H groups in total. The minimum absolute atomic E-state index is 0.0387. The fourth-order valence-corrected chi connectivity index (χ4v) is 4.48. The maximum Gasteiger partial charge on any atom is 0.279 e. The van der Waals surface area contributed by atoms with Crippen molar-refractivity contribution in [3.63, 3.8) is 0 Å². The molecule has 1 amide bonds. The van der Waals surface area contributed by atoms with Crippen LogP contribution in [0.5, 0.6) is 0 Å². The van der Waals surface area contributed by atoms with Gasteiger partial charge in [-0.25, -0.2) is 4.68 Å². The Morgan fingerprint density at radius 3 is 3.00 bits per heavy atom. The lowest BCUT2D eigenvalue weighted by atomic mass is 9.89. The van der Waals surface area contributed by atoms with E-state index in [-0.39, 0.29) is 18.0 Å². The van der Waals surface area contributed by atoms with Crippen molar-refractivity contribution >= 4 is 27.5 Å². The molecule has 3 rings (SSSR count). The summed E-state index contributed by atoms with van der Waals surface area (Å²) in [5.41, 5.74) is 0.956. The van der Waals surface area contributed by atoms with Gasteiger partial charge in [-0.3, -0.25) is 9.59 Å². The molecule has 6 nitrogen and oxygen atoms in total. The monoisotopic (exact) mass is 348 g/mol. The maximum atomic E-state index is 12.8. The number of nitrogens with zero attached hydrogens (tertiary/aromatic N) is 4. The maximum absolute atomic E-state index is 12.8. The molecule has 7 heteroatoms. The smallest absolute Gasteiger partial charge is 0.279 e. The lowest BCUT2D eigenvalue weighted by molar-refractivity contribution is -0.130. The van der Waals surface area contributed by atoms with Gasteiger partial charge in [-0.15, -0.1) is 16.4 Å².